The average Bonchev–Trinajstić information content (AvgIpc) is 2.78. The minimum absolute atomic E-state index is 0.707. The molecule has 0 saturated carbocycles. The van der Waals surface area contributed by atoms with Crippen LogP contribution < -0.4 is 0 Å². The quantitative estimate of drug-likeness (QED) is 0.452. The van der Waals surface area contributed by atoms with Crippen LogP contribution in [-0.2, 0) is 7.05 Å². The number of benzene rings is 2. The first kappa shape index (κ1) is 10.8. The third-order valence-electron chi connectivity index (χ3n) is 3.45. The monoisotopic (exact) mass is 267 g/mol. The van der Waals surface area contributed by atoms with Gasteiger partial charge in [0.1, 0.15) is 0 Å². The Kier molecular flexibility index (Phi) is 2.09. The lowest BCUT2D eigenvalue weighted by Crippen LogP contribution is -1.86. The van der Waals surface area contributed by atoms with E-state index in [1.54, 1.807) is 0 Å². The molecule has 0 aliphatic heterocycles. The molecule has 0 unspecified atom stereocenters. The Morgan fingerprint density at radius 3 is 2.84 bits per heavy atom. The van der Waals surface area contributed by atoms with Crippen LogP contribution in [0.3, 0.4) is 0 Å². The summed E-state index contributed by atoms with van der Waals surface area (Å²) in [5.74, 6) is 0. The van der Waals surface area contributed by atoms with Crippen LogP contribution in [0, 0.1) is 0 Å². The van der Waals surface area contributed by atoms with Crippen LogP contribution >= 0.6 is 11.6 Å². The fourth-order valence-electron chi connectivity index (χ4n) is 2.47. The normalized spacial score (nSPS) is 11.7. The van der Waals surface area contributed by atoms with E-state index in [1.807, 2.05) is 48.3 Å². The molecule has 3 nitrogen and oxygen atoms in total. The maximum absolute atomic E-state index is 6.01. The standard InChI is InChI=1S/C15H10ClN3/c1-19-8-17-15-11-6-9-2-3-10(16)7-13(9)18-12(11)4-5-14(15)19/h2-8H,1H3. The largest absolute Gasteiger partial charge is 0.334 e. The molecule has 0 radical (unpaired) electrons. The van der Waals surface area contributed by atoms with Crippen molar-refractivity contribution in [1.82, 2.24) is 14.5 Å². The summed E-state index contributed by atoms with van der Waals surface area (Å²) in [5, 5.41) is 2.86. The molecule has 4 aromatic rings. The van der Waals surface area contributed by atoms with Gasteiger partial charge < -0.3 is 4.57 Å². The number of imidazole rings is 1. The van der Waals surface area contributed by atoms with Gasteiger partial charge in [-0.1, -0.05) is 17.7 Å². The molecule has 0 amide bonds. The van der Waals surface area contributed by atoms with Crippen LogP contribution in [0.4, 0.5) is 0 Å². The summed E-state index contributed by atoms with van der Waals surface area (Å²) < 4.78 is 2.01. The van der Waals surface area contributed by atoms with Crippen LogP contribution in [0.15, 0.2) is 42.7 Å². The molecular formula is C15H10ClN3. The van der Waals surface area contributed by atoms with Crippen LogP contribution in [0.2, 0.25) is 5.02 Å². The van der Waals surface area contributed by atoms with Gasteiger partial charge in [-0.2, -0.15) is 0 Å². The lowest BCUT2D eigenvalue weighted by molar-refractivity contribution is 0.948. The molecular weight excluding hydrogens is 258 g/mol. The molecule has 4 rings (SSSR count). The average molecular weight is 268 g/mol. The molecule has 2 heterocycles. The Hall–Kier alpha value is -2.13. The van der Waals surface area contributed by atoms with E-state index in [0.29, 0.717) is 5.02 Å². The van der Waals surface area contributed by atoms with Gasteiger partial charge in [-0.05, 0) is 30.3 Å². The van der Waals surface area contributed by atoms with Crippen LogP contribution in [0.5, 0.6) is 0 Å². The summed E-state index contributed by atoms with van der Waals surface area (Å²) >= 11 is 6.01. The Labute approximate surface area is 114 Å². The highest BCUT2D eigenvalue weighted by atomic mass is 35.5. The van der Waals surface area contributed by atoms with E-state index in [-0.39, 0.29) is 0 Å². The van der Waals surface area contributed by atoms with Gasteiger partial charge in [0.25, 0.3) is 0 Å². The van der Waals surface area contributed by atoms with Gasteiger partial charge in [0.15, 0.2) is 0 Å². The second-order valence-electron chi connectivity index (χ2n) is 4.68. The summed E-state index contributed by atoms with van der Waals surface area (Å²) in [6.07, 6.45) is 1.83. The summed E-state index contributed by atoms with van der Waals surface area (Å²) in [4.78, 5) is 9.13. The number of halogens is 1. The predicted octanol–water partition coefficient (Wildman–Crippen LogP) is 3.93. The molecule has 0 aliphatic rings. The third kappa shape index (κ3) is 1.52. The zero-order valence-corrected chi connectivity index (χ0v) is 11.0. The highest BCUT2D eigenvalue weighted by molar-refractivity contribution is 6.31. The number of fused-ring (bicyclic) bond motifs is 4. The first-order valence-electron chi connectivity index (χ1n) is 6.02. The van der Waals surface area contributed by atoms with E-state index in [9.17, 15) is 0 Å². The molecule has 0 saturated heterocycles. The zero-order valence-electron chi connectivity index (χ0n) is 10.3. The van der Waals surface area contributed by atoms with E-state index >= 15 is 0 Å². The van der Waals surface area contributed by atoms with E-state index in [4.69, 9.17) is 11.6 Å². The number of aryl methyl sites for hydroxylation is 1. The van der Waals surface area contributed by atoms with Crippen molar-refractivity contribution in [2.75, 3.05) is 0 Å². The van der Waals surface area contributed by atoms with Gasteiger partial charge in [0.2, 0.25) is 0 Å². The lowest BCUT2D eigenvalue weighted by atomic mass is 10.1. The second kappa shape index (κ2) is 3.68. The third-order valence-corrected chi connectivity index (χ3v) is 3.68. The van der Waals surface area contributed by atoms with Crippen molar-refractivity contribution >= 4 is 44.4 Å². The first-order valence-corrected chi connectivity index (χ1v) is 6.40. The number of hydrogen-bond acceptors (Lipinski definition) is 2. The molecule has 2 aromatic heterocycles. The van der Waals surface area contributed by atoms with Crippen LogP contribution in [-0.4, -0.2) is 14.5 Å². The fraction of sp³-hybridized carbons (Fsp3) is 0.0667. The second-order valence-corrected chi connectivity index (χ2v) is 5.12. The SMILES string of the molecule is Cn1cnc2c3cc4ccc(Cl)cc4nc3ccc21. The lowest BCUT2D eigenvalue weighted by Gasteiger charge is -2.03. The van der Waals surface area contributed by atoms with Crippen LogP contribution in [0.25, 0.3) is 32.8 Å². The summed E-state index contributed by atoms with van der Waals surface area (Å²) in [6.45, 7) is 0. The Morgan fingerprint density at radius 1 is 1.05 bits per heavy atom. The van der Waals surface area contributed by atoms with Crippen molar-refractivity contribution < 1.29 is 0 Å². The summed E-state index contributed by atoms with van der Waals surface area (Å²) in [6, 6.07) is 12.0. The maximum atomic E-state index is 6.01. The van der Waals surface area contributed by atoms with Gasteiger partial charge >= 0.3 is 0 Å². The maximum Gasteiger partial charge on any atom is 0.0978 e. The van der Waals surface area contributed by atoms with E-state index in [0.717, 1.165) is 32.8 Å². The van der Waals surface area contributed by atoms with Gasteiger partial charge in [0, 0.05) is 22.8 Å². The van der Waals surface area contributed by atoms with Crippen LogP contribution in [0.1, 0.15) is 0 Å². The Balaban J connectivity index is 2.22. The van der Waals surface area contributed by atoms with Crippen molar-refractivity contribution in [2.45, 2.75) is 0 Å². The molecule has 4 heteroatoms. The van der Waals surface area contributed by atoms with Crippen molar-refractivity contribution in [3.05, 3.63) is 47.7 Å². The molecule has 92 valence electrons. The topological polar surface area (TPSA) is 30.7 Å². The highest BCUT2D eigenvalue weighted by Gasteiger charge is 2.07. The minimum Gasteiger partial charge on any atom is -0.334 e. The molecule has 0 aliphatic carbocycles. The zero-order chi connectivity index (χ0) is 13.0. The Morgan fingerprint density at radius 2 is 1.95 bits per heavy atom. The molecule has 19 heavy (non-hydrogen) atoms. The molecule has 0 atom stereocenters. The fourth-order valence-corrected chi connectivity index (χ4v) is 2.64. The summed E-state index contributed by atoms with van der Waals surface area (Å²) in [7, 11) is 2.00. The van der Waals surface area contributed by atoms with Crippen molar-refractivity contribution in [1.29, 1.82) is 0 Å². The van der Waals surface area contributed by atoms with Gasteiger partial charge in [-0.15, -0.1) is 0 Å². The molecule has 2 aromatic carbocycles. The van der Waals surface area contributed by atoms with Crippen molar-refractivity contribution in [3.8, 4) is 0 Å². The molecule has 0 fully saturated rings. The van der Waals surface area contributed by atoms with Gasteiger partial charge in [0.05, 0.1) is 28.4 Å². The number of hydrogen-bond donors (Lipinski definition) is 0. The number of aromatic nitrogens is 3. The highest BCUT2D eigenvalue weighted by Crippen LogP contribution is 2.27. The van der Waals surface area contributed by atoms with Gasteiger partial charge in [-0.3, -0.25) is 0 Å². The molecule has 0 bridgehead atoms. The Bertz CT molecular complexity index is 940. The number of rotatable bonds is 0. The van der Waals surface area contributed by atoms with Crippen molar-refractivity contribution in [2.24, 2.45) is 7.05 Å². The van der Waals surface area contributed by atoms with Crippen molar-refractivity contribution in [3.63, 3.8) is 0 Å². The molecule has 0 N–H and O–H groups in total. The first-order chi connectivity index (χ1) is 9.22. The predicted molar refractivity (Wildman–Crippen MR) is 78.5 cm³/mol. The molecule has 0 spiro atoms. The smallest absolute Gasteiger partial charge is 0.0978 e. The van der Waals surface area contributed by atoms with E-state index in [2.05, 4.69) is 16.0 Å². The van der Waals surface area contributed by atoms with Gasteiger partial charge in [-0.25, -0.2) is 9.97 Å². The summed E-state index contributed by atoms with van der Waals surface area (Å²) in [5.41, 5.74) is 3.96. The van der Waals surface area contributed by atoms with E-state index < -0.39 is 0 Å². The number of nitrogens with zero attached hydrogens (tertiary/aromatic N) is 3. The number of pyridine rings is 1. The minimum atomic E-state index is 0.707. The van der Waals surface area contributed by atoms with E-state index in [1.165, 1.54) is 0 Å².